The highest BCUT2D eigenvalue weighted by Crippen LogP contribution is 2.27. The molecule has 2 aliphatic rings. The lowest BCUT2D eigenvalue weighted by Crippen LogP contribution is -2.43. The average Bonchev–Trinajstić information content (AvgIpc) is 2.93. The first-order chi connectivity index (χ1) is 17.6. The molecular formula is C30H29N5O. The zero-order valence-electron chi connectivity index (χ0n) is 20.2. The maximum atomic E-state index is 12.9. The zero-order valence-corrected chi connectivity index (χ0v) is 20.2. The number of nitriles is 2. The molecule has 1 aliphatic carbocycles. The summed E-state index contributed by atoms with van der Waals surface area (Å²) in [5, 5.41) is 23.9. The fourth-order valence-electron chi connectivity index (χ4n) is 4.79. The number of benzene rings is 2. The summed E-state index contributed by atoms with van der Waals surface area (Å²) < 4.78 is 0. The largest absolute Gasteiger partial charge is 0.404 e. The molecule has 3 N–H and O–H groups in total. The van der Waals surface area contributed by atoms with Crippen LogP contribution in [0.25, 0.3) is 12.3 Å². The number of carbonyl (C=O) groups is 1. The van der Waals surface area contributed by atoms with Crippen molar-refractivity contribution in [3.8, 4) is 12.1 Å². The summed E-state index contributed by atoms with van der Waals surface area (Å²) in [7, 11) is 0. The Morgan fingerprint density at radius 2 is 1.89 bits per heavy atom. The van der Waals surface area contributed by atoms with Gasteiger partial charge >= 0.3 is 0 Å². The van der Waals surface area contributed by atoms with Crippen molar-refractivity contribution < 1.29 is 4.79 Å². The molecule has 0 aromatic heterocycles. The molecule has 6 heteroatoms. The highest BCUT2D eigenvalue weighted by Gasteiger charge is 2.24. The summed E-state index contributed by atoms with van der Waals surface area (Å²) in [6.45, 7) is 5.14. The normalized spacial score (nSPS) is 18.8. The minimum atomic E-state index is -0.00998. The van der Waals surface area contributed by atoms with E-state index in [2.05, 4.69) is 36.2 Å². The first-order valence-corrected chi connectivity index (χ1v) is 12.1. The van der Waals surface area contributed by atoms with Crippen molar-refractivity contribution in [3.05, 3.63) is 100.0 Å². The van der Waals surface area contributed by atoms with Crippen molar-refractivity contribution in [1.82, 2.24) is 4.90 Å². The van der Waals surface area contributed by atoms with Crippen LogP contribution >= 0.6 is 0 Å². The Morgan fingerprint density at radius 1 is 1.14 bits per heavy atom. The van der Waals surface area contributed by atoms with Crippen molar-refractivity contribution in [2.45, 2.75) is 31.2 Å². The highest BCUT2D eigenvalue weighted by molar-refractivity contribution is 5.94. The van der Waals surface area contributed by atoms with Gasteiger partial charge in [0.15, 0.2) is 0 Å². The van der Waals surface area contributed by atoms with Crippen LogP contribution in [0.4, 0.5) is 5.69 Å². The van der Waals surface area contributed by atoms with E-state index in [1.54, 1.807) is 36.5 Å². The molecule has 0 bridgehead atoms. The van der Waals surface area contributed by atoms with E-state index in [-0.39, 0.29) is 17.9 Å². The number of piperidine rings is 1. The van der Waals surface area contributed by atoms with Gasteiger partial charge in [0.25, 0.3) is 5.91 Å². The van der Waals surface area contributed by atoms with E-state index in [4.69, 9.17) is 11.0 Å². The minimum Gasteiger partial charge on any atom is -0.404 e. The minimum absolute atomic E-state index is 0.00998. The number of carbonyl (C=O) groups excluding carboxylic acids is 1. The number of anilines is 1. The van der Waals surface area contributed by atoms with Crippen molar-refractivity contribution in [1.29, 1.82) is 10.5 Å². The molecule has 1 amide bonds. The van der Waals surface area contributed by atoms with Crippen LogP contribution in [0.5, 0.6) is 0 Å². The molecule has 1 unspecified atom stereocenters. The molecule has 1 heterocycles. The molecule has 1 atom stereocenters. The quantitative estimate of drug-likeness (QED) is 0.689. The molecular weight excluding hydrogens is 446 g/mol. The van der Waals surface area contributed by atoms with Gasteiger partial charge in [0.05, 0.1) is 17.7 Å². The Morgan fingerprint density at radius 3 is 2.53 bits per heavy atom. The number of allylic oxidation sites excluding steroid dienone is 5. The van der Waals surface area contributed by atoms with E-state index < -0.39 is 0 Å². The summed E-state index contributed by atoms with van der Waals surface area (Å²) in [5.41, 5.74) is 9.92. The summed E-state index contributed by atoms with van der Waals surface area (Å²) in [5.74, 6) is 0.102. The topological polar surface area (TPSA) is 106 Å². The number of likely N-dealkylation sites (tertiary alicyclic amines) is 1. The van der Waals surface area contributed by atoms with Gasteiger partial charge in [-0.3, -0.25) is 4.79 Å². The van der Waals surface area contributed by atoms with Gasteiger partial charge in [-0.2, -0.15) is 10.5 Å². The summed E-state index contributed by atoms with van der Waals surface area (Å²) in [6.07, 6.45) is 13.7. The van der Waals surface area contributed by atoms with Gasteiger partial charge in [-0.15, -0.1) is 0 Å². The summed E-state index contributed by atoms with van der Waals surface area (Å²) in [4.78, 5) is 14.8. The first kappa shape index (κ1) is 24.6. The van der Waals surface area contributed by atoms with Crippen LogP contribution in [-0.4, -0.2) is 29.9 Å². The third-order valence-corrected chi connectivity index (χ3v) is 6.73. The van der Waals surface area contributed by atoms with E-state index in [0.717, 1.165) is 41.0 Å². The van der Waals surface area contributed by atoms with Crippen LogP contribution in [0, 0.1) is 22.7 Å². The molecule has 1 fully saturated rings. The maximum absolute atomic E-state index is 12.9. The second kappa shape index (κ2) is 11.3. The van der Waals surface area contributed by atoms with Crippen LogP contribution in [-0.2, 0) is 0 Å². The Hall–Kier alpha value is -4.55. The van der Waals surface area contributed by atoms with E-state index in [1.165, 1.54) is 0 Å². The maximum Gasteiger partial charge on any atom is 0.253 e. The van der Waals surface area contributed by atoms with Crippen LogP contribution in [0.2, 0.25) is 0 Å². The third-order valence-electron chi connectivity index (χ3n) is 6.73. The van der Waals surface area contributed by atoms with Crippen LogP contribution < -0.4 is 21.5 Å². The second-order valence-corrected chi connectivity index (χ2v) is 9.02. The van der Waals surface area contributed by atoms with Gasteiger partial charge in [-0.1, -0.05) is 36.9 Å². The van der Waals surface area contributed by atoms with E-state index >= 15 is 0 Å². The molecule has 36 heavy (non-hydrogen) atoms. The number of hydrogen-bond acceptors (Lipinski definition) is 5. The number of nitrogens with zero attached hydrogens (tertiary/aromatic N) is 3. The lowest BCUT2D eigenvalue weighted by atomic mass is 9.88. The monoisotopic (exact) mass is 475 g/mol. The molecule has 0 spiro atoms. The molecule has 180 valence electrons. The van der Waals surface area contributed by atoms with Crippen molar-refractivity contribution >= 4 is 23.9 Å². The highest BCUT2D eigenvalue weighted by atomic mass is 16.2. The Balaban J connectivity index is 1.53. The van der Waals surface area contributed by atoms with Crippen LogP contribution in [0.3, 0.4) is 0 Å². The van der Waals surface area contributed by atoms with E-state index in [9.17, 15) is 10.1 Å². The van der Waals surface area contributed by atoms with Gasteiger partial charge in [-0.25, -0.2) is 0 Å². The number of rotatable bonds is 5. The van der Waals surface area contributed by atoms with E-state index in [0.29, 0.717) is 29.8 Å². The van der Waals surface area contributed by atoms with Gasteiger partial charge in [0.1, 0.15) is 0 Å². The predicted molar refractivity (Wildman–Crippen MR) is 143 cm³/mol. The molecule has 2 aromatic carbocycles. The van der Waals surface area contributed by atoms with Crippen molar-refractivity contribution in [2.24, 2.45) is 5.73 Å². The summed E-state index contributed by atoms with van der Waals surface area (Å²) >= 11 is 0. The fourth-order valence-corrected chi connectivity index (χ4v) is 4.79. The van der Waals surface area contributed by atoms with Gasteiger partial charge in [0.2, 0.25) is 0 Å². The molecule has 6 nitrogen and oxygen atoms in total. The standard InChI is InChI=1S/C30H29N5O/c1-2-4-25-16-26(24-6-3-5-22(15-24)19-32)17-29(28(25)20-33)34-27-11-13-35(14-12-27)30(36)23-9-7-21(18-31)8-10-23/h2-5,7-10,15-17,20,24,27,34H,1,6,11-14,33H2/b25-4-,28-20+. The van der Waals surface area contributed by atoms with E-state index in [1.807, 2.05) is 29.2 Å². The summed E-state index contributed by atoms with van der Waals surface area (Å²) in [6, 6.07) is 15.5. The lowest BCUT2D eigenvalue weighted by molar-refractivity contribution is 0.0718. The Labute approximate surface area is 211 Å². The lowest BCUT2D eigenvalue weighted by Gasteiger charge is -2.33. The predicted octanol–water partition coefficient (Wildman–Crippen LogP) is 3.43. The fraction of sp³-hybridized carbons (Fsp3) is 0.233. The number of hydrogen-bond donors (Lipinski definition) is 2. The third kappa shape index (κ3) is 5.40. The van der Waals surface area contributed by atoms with Crippen molar-refractivity contribution in [2.75, 3.05) is 18.4 Å². The first-order valence-electron chi connectivity index (χ1n) is 12.1. The molecule has 1 aliphatic heterocycles. The average molecular weight is 476 g/mol. The Bertz CT molecular complexity index is 1410. The number of amides is 1. The molecule has 1 saturated heterocycles. The Kier molecular flexibility index (Phi) is 7.68. The van der Waals surface area contributed by atoms with Crippen LogP contribution in [0.1, 0.15) is 46.7 Å². The van der Waals surface area contributed by atoms with Crippen LogP contribution in [0.15, 0.2) is 72.9 Å². The SMILES string of the molecule is C=C/C=c1/cc(C2C=C(C#N)C=CC2)cc(NC2CCN(C(=O)c3ccc(C#N)cc3)CC2)/c1=C/N. The molecule has 0 saturated carbocycles. The number of nitrogens with two attached hydrogens (primary N) is 1. The molecule has 2 aromatic rings. The van der Waals surface area contributed by atoms with Gasteiger partial charge < -0.3 is 16.0 Å². The smallest absolute Gasteiger partial charge is 0.253 e. The molecule has 0 radical (unpaired) electrons. The second-order valence-electron chi connectivity index (χ2n) is 9.02. The number of nitrogens with one attached hydrogen (secondary N) is 1. The van der Waals surface area contributed by atoms with Gasteiger partial charge in [0, 0.05) is 53.3 Å². The molecule has 4 rings (SSSR count). The van der Waals surface area contributed by atoms with Crippen molar-refractivity contribution in [3.63, 3.8) is 0 Å². The van der Waals surface area contributed by atoms with Gasteiger partial charge in [-0.05, 0) is 66.5 Å². The zero-order chi connectivity index (χ0) is 25.5.